The summed E-state index contributed by atoms with van der Waals surface area (Å²) in [6.07, 6.45) is 1.99. The smallest absolute Gasteiger partial charge is 0.264 e. The Morgan fingerprint density at radius 1 is 0.830 bits per heavy atom. The first kappa shape index (κ1) is 35.9. The minimum atomic E-state index is -4.15. The molecule has 0 spiro atoms. The molecule has 0 aliphatic rings. The van der Waals surface area contributed by atoms with Gasteiger partial charge in [0.1, 0.15) is 12.6 Å². The molecule has 4 rings (SSSR count). The van der Waals surface area contributed by atoms with Gasteiger partial charge in [-0.1, -0.05) is 115 Å². The average Bonchev–Trinajstić information content (AvgIpc) is 3.06. The molecule has 0 saturated carbocycles. The van der Waals surface area contributed by atoms with Gasteiger partial charge in [-0.25, -0.2) is 8.42 Å². The van der Waals surface area contributed by atoms with Gasteiger partial charge in [-0.05, 0) is 72.4 Å². The van der Waals surface area contributed by atoms with Crippen molar-refractivity contribution in [3.63, 3.8) is 0 Å². The van der Waals surface area contributed by atoms with Crippen LogP contribution in [0.15, 0.2) is 112 Å². The predicted octanol–water partition coefficient (Wildman–Crippen LogP) is 7.63. The summed E-state index contributed by atoms with van der Waals surface area (Å²) in [5, 5.41) is 3.03. The lowest BCUT2D eigenvalue weighted by atomic mass is 10.0. The van der Waals surface area contributed by atoms with Crippen LogP contribution in [0.25, 0.3) is 0 Å². The SMILES string of the molecule is CCCCNC(=O)C(Cc1ccccc1)N(Cc1ccc(Br)cc1)C(=O)CN(c1ccc(C(C)C)cc1)S(=O)(=O)c1ccc(C)cc1. The summed E-state index contributed by atoms with van der Waals surface area (Å²) in [4.78, 5) is 30.1. The van der Waals surface area contributed by atoms with Gasteiger partial charge in [0, 0.05) is 24.0 Å². The van der Waals surface area contributed by atoms with Gasteiger partial charge < -0.3 is 10.2 Å². The number of unbranched alkanes of at least 4 members (excludes halogenated alkanes) is 1. The third-order valence-electron chi connectivity index (χ3n) is 8.10. The van der Waals surface area contributed by atoms with Crippen molar-refractivity contribution in [2.24, 2.45) is 0 Å². The number of anilines is 1. The van der Waals surface area contributed by atoms with Crippen LogP contribution >= 0.6 is 15.9 Å². The number of amides is 2. The second-order valence-corrected chi connectivity index (χ2v) is 14.8. The molecular formula is C38H44BrN3O4S. The number of hydrogen-bond donors (Lipinski definition) is 1. The fraction of sp³-hybridized carbons (Fsp3) is 0.316. The van der Waals surface area contributed by atoms with Crippen LogP contribution in [0, 0.1) is 6.92 Å². The number of carbonyl (C=O) groups excluding carboxylic acids is 2. The van der Waals surface area contributed by atoms with E-state index in [0.29, 0.717) is 12.2 Å². The number of nitrogens with zero attached hydrogens (tertiary/aromatic N) is 2. The predicted molar refractivity (Wildman–Crippen MR) is 193 cm³/mol. The standard InChI is InChI=1S/C38H44BrN3O4S/c1-5-6-24-40-38(44)36(25-30-10-8-7-9-11-30)41(26-31-14-18-33(39)19-15-31)37(43)27-42(34-20-16-32(17-21-34)28(2)3)47(45,46)35-22-12-29(4)13-23-35/h7-23,28,36H,5-6,24-27H2,1-4H3,(H,40,44). The van der Waals surface area contributed by atoms with E-state index in [0.717, 1.165) is 43.9 Å². The van der Waals surface area contributed by atoms with Crippen molar-refractivity contribution in [2.45, 2.75) is 70.4 Å². The number of nitrogens with one attached hydrogen (secondary N) is 1. The molecule has 0 heterocycles. The Balaban J connectivity index is 1.79. The summed E-state index contributed by atoms with van der Waals surface area (Å²) in [7, 11) is -4.15. The molecule has 0 aliphatic carbocycles. The molecule has 0 aliphatic heterocycles. The first-order valence-electron chi connectivity index (χ1n) is 16.0. The highest BCUT2D eigenvalue weighted by atomic mass is 79.9. The van der Waals surface area contributed by atoms with Gasteiger partial charge in [0.2, 0.25) is 11.8 Å². The zero-order valence-electron chi connectivity index (χ0n) is 27.5. The Kier molecular flexibility index (Phi) is 12.8. The van der Waals surface area contributed by atoms with Crippen molar-refractivity contribution in [3.8, 4) is 0 Å². The van der Waals surface area contributed by atoms with Crippen LogP contribution in [0.2, 0.25) is 0 Å². The number of hydrogen-bond acceptors (Lipinski definition) is 4. The number of rotatable bonds is 15. The van der Waals surface area contributed by atoms with Gasteiger partial charge in [-0.3, -0.25) is 13.9 Å². The number of halogens is 1. The summed E-state index contributed by atoms with van der Waals surface area (Å²) in [6, 6.07) is 30.1. The van der Waals surface area contributed by atoms with Crippen LogP contribution in [0.3, 0.4) is 0 Å². The molecule has 0 saturated heterocycles. The molecule has 9 heteroatoms. The van der Waals surface area contributed by atoms with Crippen LogP contribution in [0.1, 0.15) is 61.8 Å². The molecule has 0 bridgehead atoms. The van der Waals surface area contributed by atoms with E-state index >= 15 is 0 Å². The topological polar surface area (TPSA) is 86.8 Å². The molecule has 0 radical (unpaired) electrons. The maximum absolute atomic E-state index is 14.6. The van der Waals surface area contributed by atoms with Gasteiger partial charge in [-0.15, -0.1) is 0 Å². The van der Waals surface area contributed by atoms with Gasteiger partial charge in [0.25, 0.3) is 10.0 Å². The first-order valence-corrected chi connectivity index (χ1v) is 18.3. The van der Waals surface area contributed by atoms with Crippen molar-refractivity contribution in [3.05, 3.63) is 130 Å². The van der Waals surface area contributed by atoms with Crippen molar-refractivity contribution >= 4 is 43.5 Å². The zero-order chi connectivity index (χ0) is 34.0. The monoisotopic (exact) mass is 717 g/mol. The van der Waals surface area contributed by atoms with Crippen LogP contribution in [-0.4, -0.2) is 44.3 Å². The largest absolute Gasteiger partial charge is 0.354 e. The Bertz CT molecular complexity index is 1710. The molecule has 7 nitrogen and oxygen atoms in total. The third-order valence-corrected chi connectivity index (χ3v) is 10.4. The molecule has 47 heavy (non-hydrogen) atoms. The van der Waals surface area contributed by atoms with E-state index in [1.54, 1.807) is 36.4 Å². The van der Waals surface area contributed by atoms with Gasteiger partial charge in [-0.2, -0.15) is 0 Å². The minimum absolute atomic E-state index is 0.0847. The molecule has 4 aromatic rings. The summed E-state index contributed by atoms with van der Waals surface area (Å²) in [5.74, 6) is -0.510. The Morgan fingerprint density at radius 3 is 2.06 bits per heavy atom. The Hall–Kier alpha value is -3.95. The summed E-state index contributed by atoms with van der Waals surface area (Å²) >= 11 is 3.48. The molecule has 4 aromatic carbocycles. The lowest BCUT2D eigenvalue weighted by molar-refractivity contribution is -0.140. The summed E-state index contributed by atoms with van der Waals surface area (Å²) in [6.45, 7) is 8.19. The number of carbonyl (C=O) groups is 2. The highest BCUT2D eigenvalue weighted by Crippen LogP contribution is 2.27. The third kappa shape index (κ3) is 9.78. The van der Waals surface area contributed by atoms with E-state index in [2.05, 4.69) is 35.1 Å². The minimum Gasteiger partial charge on any atom is -0.354 e. The molecule has 2 amide bonds. The molecule has 1 unspecified atom stereocenters. The lowest BCUT2D eigenvalue weighted by Crippen LogP contribution is -2.53. The van der Waals surface area contributed by atoms with E-state index in [-0.39, 0.29) is 29.7 Å². The quantitative estimate of drug-likeness (QED) is 0.128. The van der Waals surface area contributed by atoms with Crippen molar-refractivity contribution in [1.82, 2.24) is 10.2 Å². The second-order valence-electron chi connectivity index (χ2n) is 12.1. The number of benzene rings is 4. The van der Waals surface area contributed by atoms with Crippen molar-refractivity contribution < 1.29 is 18.0 Å². The van der Waals surface area contributed by atoms with Crippen LogP contribution in [0.5, 0.6) is 0 Å². The second kappa shape index (κ2) is 16.7. The molecule has 0 aromatic heterocycles. The molecule has 1 N–H and O–H groups in total. The fourth-order valence-electron chi connectivity index (χ4n) is 5.24. The molecule has 0 fully saturated rings. The van der Waals surface area contributed by atoms with Crippen LogP contribution in [-0.2, 0) is 32.6 Å². The van der Waals surface area contributed by atoms with E-state index in [1.807, 2.05) is 80.6 Å². The average molecular weight is 719 g/mol. The van der Waals surface area contributed by atoms with E-state index < -0.39 is 28.5 Å². The normalized spacial score (nSPS) is 12.0. The van der Waals surface area contributed by atoms with Gasteiger partial charge in [0.05, 0.1) is 10.6 Å². The highest BCUT2D eigenvalue weighted by molar-refractivity contribution is 9.10. The van der Waals surface area contributed by atoms with E-state index in [1.165, 1.54) is 4.90 Å². The molecule has 248 valence electrons. The van der Waals surface area contributed by atoms with Crippen molar-refractivity contribution in [2.75, 3.05) is 17.4 Å². The molecular weight excluding hydrogens is 674 g/mol. The van der Waals surface area contributed by atoms with Crippen LogP contribution in [0.4, 0.5) is 5.69 Å². The lowest BCUT2D eigenvalue weighted by Gasteiger charge is -2.34. The fourth-order valence-corrected chi connectivity index (χ4v) is 6.92. The Labute approximate surface area is 288 Å². The number of sulfonamides is 1. The van der Waals surface area contributed by atoms with E-state index in [9.17, 15) is 18.0 Å². The first-order chi connectivity index (χ1) is 22.5. The maximum Gasteiger partial charge on any atom is 0.264 e. The highest BCUT2D eigenvalue weighted by Gasteiger charge is 2.34. The van der Waals surface area contributed by atoms with Gasteiger partial charge >= 0.3 is 0 Å². The molecule has 1 atom stereocenters. The van der Waals surface area contributed by atoms with E-state index in [4.69, 9.17) is 0 Å². The number of aryl methyl sites for hydroxylation is 1. The summed E-state index contributed by atoms with van der Waals surface area (Å²) < 4.78 is 30.6. The maximum atomic E-state index is 14.6. The van der Waals surface area contributed by atoms with Crippen molar-refractivity contribution in [1.29, 1.82) is 0 Å². The zero-order valence-corrected chi connectivity index (χ0v) is 29.9. The van der Waals surface area contributed by atoms with Crippen LogP contribution < -0.4 is 9.62 Å². The summed E-state index contributed by atoms with van der Waals surface area (Å²) in [5.41, 5.74) is 4.06. The Morgan fingerprint density at radius 2 is 1.47 bits per heavy atom. The van der Waals surface area contributed by atoms with Gasteiger partial charge in [0.15, 0.2) is 0 Å².